The second-order valence-corrected chi connectivity index (χ2v) is 9.78. The Morgan fingerprint density at radius 2 is 1.47 bits per heavy atom. The summed E-state index contributed by atoms with van der Waals surface area (Å²) in [6.45, 7) is -0.641. The fourth-order valence-corrected chi connectivity index (χ4v) is 4.26. The van der Waals surface area contributed by atoms with Crippen LogP contribution < -0.4 is 26.6 Å². The van der Waals surface area contributed by atoms with Crippen molar-refractivity contribution in [2.45, 2.75) is 50.2 Å². The topological polar surface area (TPSA) is 209 Å². The number of nitrogens with one attached hydrogen (secondary N) is 5. The molecule has 0 spiro atoms. The molecular weight excluding hydrogens is 562 g/mol. The predicted octanol–water partition coefficient (Wildman–Crippen LogP) is -0.578. The van der Waals surface area contributed by atoms with Crippen molar-refractivity contribution in [3.8, 4) is 0 Å². The van der Waals surface area contributed by atoms with Crippen molar-refractivity contribution in [2.24, 2.45) is 0 Å². The molecule has 14 heteroatoms. The smallest absolute Gasteiger partial charge is 0.328 e. The summed E-state index contributed by atoms with van der Waals surface area (Å²) in [6, 6.07) is 11.4. The van der Waals surface area contributed by atoms with Crippen LogP contribution in [-0.4, -0.2) is 78.4 Å². The summed E-state index contributed by atoms with van der Waals surface area (Å²) in [4.78, 5) is 87.6. The van der Waals surface area contributed by atoms with Gasteiger partial charge in [-0.15, -0.1) is 0 Å². The number of rotatable bonds is 5. The van der Waals surface area contributed by atoms with Crippen molar-refractivity contribution in [1.29, 1.82) is 0 Å². The lowest BCUT2D eigenvalue weighted by molar-refractivity contribution is -0.145. The largest absolute Gasteiger partial charge is 0.481 e. The Bertz CT molecular complexity index is 1350. The molecule has 0 saturated carbocycles. The van der Waals surface area contributed by atoms with Crippen LogP contribution in [0.2, 0.25) is 0 Å². The molecule has 2 aliphatic rings. The van der Waals surface area contributed by atoms with Gasteiger partial charge in [0.1, 0.15) is 18.1 Å². The van der Waals surface area contributed by atoms with E-state index in [0.717, 1.165) is 0 Å². The first-order valence-electron chi connectivity index (χ1n) is 13.4. The summed E-state index contributed by atoms with van der Waals surface area (Å²) < 4.78 is 4.88. The van der Waals surface area contributed by atoms with E-state index in [-0.39, 0.29) is 25.7 Å². The first-order valence-corrected chi connectivity index (χ1v) is 13.4. The normalized spacial score (nSPS) is 20.8. The van der Waals surface area contributed by atoms with Gasteiger partial charge < -0.3 is 36.4 Å². The van der Waals surface area contributed by atoms with Crippen molar-refractivity contribution >= 4 is 47.2 Å². The Hall–Kier alpha value is -5.27. The predicted molar refractivity (Wildman–Crippen MR) is 151 cm³/mol. The molecule has 0 aromatic heterocycles. The van der Waals surface area contributed by atoms with E-state index in [0.29, 0.717) is 16.8 Å². The maximum atomic E-state index is 13.4. The third kappa shape index (κ3) is 10.6. The van der Waals surface area contributed by atoms with E-state index in [4.69, 9.17) is 4.74 Å². The second kappa shape index (κ2) is 15.7. The minimum absolute atomic E-state index is 0.0415. The lowest BCUT2D eigenvalue weighted by Crippen LogP contribution is -2.55. The molecule has 4 rings (SSSR count). The lowest BCUT2D eigenvalue weighted by Gasteiger charge is -2.23. The van der Waals surface area contributed by atoms with Gasteiger partial charge >= 0.3 is 11.9 Å². The number of carbonyl (C=O) groups excluding carboxylic acids is 6. The number of methoxy groups -OCH3 is 1. The number of fused-ring (bicyclic) bond motifs is 18. The summed E-state index contributed by atoms with van der Waals surface area (Å²) in [7, 11) is 1.18. The second-order valence-electron chi connectivity index (χ2n) is 9.78. The Balaban J connectivity index is 1.90. The number of benzene rings is 2. The van der Waals surface area contributed by atoms with Gasteiger partial charge in [0.25, 0.3) is 0 Å². The van der Waals surface area contributed by atoms with Gasteiger partial charge in [0, 0.05) is 31.4 Å². The highest BCUT2D eigenvalue weighted by atomic mass is 16.5. The van der Waals surface area contributed by atoms with Gasteiger partial charge in [-0.1, -0.05) is 42.5 Å². The van der Waals surface area contributed by atoms with Crippen LogP contribution in [0.25, 0.3) is 0 Å². The number of carbonyl (C=O) groups is 7. The van der Waals surface area contributed by atoms with Crippen LogP contribution >= 0.6 is 0 Å². The Morgan fingerprint density at radius 3 is 2.12 bits per heavy atom. The van der Waals surface area contributed by atoms with Crippen LogP contribution in [0.1, 0.15) is 30.4 Å². The molecule has 0 aliphatic carbocycles. The highest BCUT2D eigenvalue weighted by Gasteiger charge is 2.29. The molecule has 0 radical (unpaired) electrons. The molecule has 2 aromatic rings. The van der Waals surface area contributed by atoms with E-state index < -0.39 is 72.6 Å². The van der Waals surface area contributed by atoms with Crippen molar-refractivity contribution < 1.29 is 43.4 Å². The highest BCUT2D eigenvalue weighted by Crippen LogP contribution is 2.13. The Kier molecular flexibility index (Phi) is 11.7. The molecular formula is C29H33N5O9. The molecule has 5 amide bonds. The first kappa shape index (κ1) is 32.2. The van der Waals surface area contributed by atoms with Gasteiger partial charge in [-0.2, -0.15) is 0 Å². The van der Waals surface area contributed by atoms with Gasteiger partial charge in [0.05, 0.1) is 20.1 Å². The molecule has 14 nitrogen and oxygen atoms in total. The van der Waals surface area contributed by atoms with Crippen LogP contribution in [0.5, 0.6) is 0 Å². The quantitative estimate of drug-likeness (QED) is 0.193. The minimum atomic E-state index is -1.52. The minimum Gasteiger partial charge on any atom is -0.481 e. The number of anilines is 1. The molecule has 2 bridgehead atoms. The van der Waals surface area contributed by atoms with Gasteiger partial charge in [-0.05, 0) is 23.3 Å². The van der Waals surface area contributed by atoms with Crippen LogP contribution in [0.3, 0.4) is 0 Å². The molecule has 2 aliphatic heterocycles. The zero-order valence-electron chi connectivity index (χ0n) is 23.4. The van der Waals surface area contributed by atoms with E-state index in [1.54, 1.807) is 54.6 Å². The summed E-state index contributed by atoms with van der Waals surface area (Å²) in [5, 5.41) is 21.5. The standard InChI is InChI=1S/C29H33N5O9/c1-43-29(42)22-14-18-7-9-19(10-8-18)31-23(35)11-12-24(36)32-21(15-26(38)39)27(40)30-16-25(37)33-20(28(41)34-22)13-17-5-3-2-4-6-17/h2-10,20-22H,11-16H2,1H3,(H,30,40)(H,31,35)(H,32,36)(H,33,37)(H,34,41)(H,38,39)/t20-,21-,22+/m1/s1. The molecule has 2 heterocycles. The summed E-state index contributed by atoms with van der Waals surface area (Å²) in [5.41, 5.74) is 1.75. The van der Waals surface area contributed by atoms with Crippen LogP contribution in [-0.2, 0) is 51.1 Å². The molecule has 3 atom stereocenters. The number of hydrogen-bond acceptors (Lipinski definition) is 8. The monoisotopic (exact) mass is 595 g/mol. The van der Waals surface area contributed by atoms with Crippen molar-refractivity contribution in [1.82, 2.24) is 21.3 Å². The molecule has 2 aromatic carbocycles. The molecule has 0 fully saturated rings. The van der Waals surface area contributed by atoms with E-state index in [1.165, 1.54) is 7.11 Å². The third-order valence-electron chi connectivity index (χ3n) is 6.45. The van der Waals surface area contributed by atoms with Crippen LogP contribution in [0.15, 0.2) is 54.6 Å². The number of amides is 5. The zero-order chi connectivity index (χ0) is 31.4. The van der Waals surface area contributed by atoms with E-state index in [1.807, 2.05) is 0 Å². The first-order chi connectivity index (χ1) is 20.5. The van der Waals surface area contributed by atoms with Gasteiger partial charge in [0.15, 0.2) is 0 Å². The molecule has 0 saturated heterocycles. The molecule has 43 heavy (non-hydrogen) atoms. The maximum absolute atomic E-state index is 13.4. The van der Waals surface area contributed by atoms with Crippen LogP contribution in [0.4, 0.5) is 5.69 Å². The number of hydrogen-bond donors (Lipinski definition) is 6. The van der Waals surface area contributed by atoms with E-state index in [9.17, 15) is 38.7 Å². The number of ether oxygens (including phenoxy) is 1. The lowest BCUT2D eigenvalue weighted by atomic mass is 10.0. The fourth-order valence-electron chi connectivity index (χ4n) is 4.26. The Morgan fingerprint density at radius 1 is 0.814 bits per heavy atom. The summed E-state index contributed by atoms with van der Waals surface area (Å²) >= 11 is 0. The summed E-state index contributed by atoms with van der Waals surface area (Å²) in [6.07, 6.45) is -1.27. The third-order valence-corrected chi connectivity index (χ3v) is 6.45. The average Bonchev–Trinajstić information content (AvgIpc) is 2.98. The number of aliphatic carboxylic acids is 1. The average molecular weight is 596 g/mol. The number of esters is 1. The van der Waals surface area contributed by atoms with Crippen molar-refractivity contribution in [2.75, 3.05) is 19.0 Å². The van der Waals surface area contributed by atoms with E-state index >= 15 is 0 Å². The fraction of sp³-hybridized carbons (Fsp3) is 0.345. The van der Waals surface area contributed by atoms with E-state index in [2.05, 4.69) is 26.6 Å². The van der Waals surface area contributed by atoms with Gasteiger partial charge in [0.2, 0.25) is 29.5 Å². The van der Waals surface area contributed by atoms with Crippen molar-refractivity contribution in [3.63, 3.8) is 0 Å². The Labute approximate surface area is 246 Å². The van der Waals surface area contributed by atoms with Crippen LogP contribution in [0, 0.1) is 0 Å². The number of carboxylic acids is 1. The highest BCUT2D eigenvalue weighted by molar-refractivity contribution is 5.96. The molecule has 228 valence electrons. The molecule has 0 unspecified atom stereocenters. The van der Waals surface area contributed by atoms with Gasteiger partial charge in [-0.25, -0.2) is 4.79 Å². The number of carboxylic acid groups (broad SMARTS) is 1. The maximum Gasteiger partial charge on any atom is 0.328 e. The molecule has 6 N–H and O–H groups in total. The SMILES string of the molecule is COC(=O)[C@@H]1Cc2ccc(cc2)NC(=O)CCC(=O)N[C@H](CC(=O)O)C(=O)NCC(=O)N[C@H](Cc2ccccc2)C(=O)N1. The van der Waals surface area contributed by atoms with Gasteiger partial charge in [-0.3, -0.25) is 28.8 Å². The summed E-state index contributed by atoms with van der Waals surface area (Å²) in [5.74, 6) is -5.76. The van der Waals surface area contributed by atoms with Crippen molar-refractivity contribution in [3.05, 3.63) is 65.7 Å². The zero-order valence-corrected chi connectivity index (χ0v) is 23.4.